The first-order valence-corrected chi connectivity index (χ1v) is 6.61. The maximum Gasteiger partial charge on any atom is 0.323 e. The van der Waals surface area contributed by atoms with Gasteiger partial charge in [-0.05, 0) is 29.8 Å². The van der Waals surface area contributed by atoms with E-state index in [4.69, 9.17) is 0 Å². The van der Waals surface area contributed by atoms with Gasteiger partial charge in [0.1, 0.15) is 11.6 Å². The molecule has 22 heavy (non-hydrogen) atoms. The van der Waals surface area contributed by atoms with Crippen molar-refractivity contribution in [3.05, 3.63) is 65.9 Å². The first-order chi connectivity index (χ1) is 10.5. The molecule has 0 atom stereocenters. The number of carbonyl (C=O) groups is 1. The standard InChI is InChI=1S/C16H13F2N3O/c1-9-4-10-2-3-13(8-15(10)19-9)20-16(22)21-14-6-11(17)5-12(18)7-14/h2-3,5-8,19H,1,4H2,(H2,20,21,22). The fourth-order valence-corrected chi connectivity index (χ4v) is 2.31. The number of hydrogen-bond donors (Lipinski definition) is 3. The maximum absolute atomic E-state index is 13.1. The molecule has 0 unspecified atom stereocenters. The van der Waals surface area contributed by atoms with Gasteiger partial charge in [0.05, 0.1) is 0 Å². The normalized spacial score (nSPS) is 12.5. The van der Waals surface area contributed by atoms with E-state index in [-0.39, 0.29) is 5.69 Å². The van der Waals surface area contributed by atoms with Gasteiger partial charge in [0, 0.05) is 35.2 Å². The predicted octanol–water partition coefficient (Wildman–Crippen LogP) is 4.09. The molecule has 1 aliphatic heterocycles. The van der Waals surface area contributed by atoms with Crippen LogP contribution in [0.1, 0.15) is 5.56 Å². The SMILES string of the molecule is C=C1Cc2ccc(NC(=O)Nc3cc(F)cc(F)c3)cc2N1. The molecule has 0 aliphatic carbocycles. The smallest absolute Gasteiger partial charge is 0.323 e. The molecule has 0 bridgehead atoms. The Kier molecular flexibility index (Phi) is 3.50. The molecule has 4 nitrogen and oxygen atoms in total. The Balaban J connectivity index is 1.69. The molecule has 1 aliphatic rings. The second-order valence-corrected chi connectivity index (χ2v) is 5.01. The lowest BCUT2D eigenvalue weighted by molar-refractivity contribution is 0.262. The van der Waals surface area contributed by atoms with Gasteiger partial charge in [0.2, 0.25) is 0 Å². The molecule has 0 aromatic heterocycles. The summed E-state index contributed by atoms with van der Waals surface area (Å²) in [5.74, 6) is -1.51. The third-order valence-corrected chi connectivity index (χ3v) is 3.20. The molecule has 0 saturated heterocycles. The average Bonchev–Trinajstić information content (AvgIpc) is 2.76. The van der Waals surface area contributed by atoms with Gasteiger partial charge in [-0.2, -0.15) is 0 Å². The second-order valence-electron chi connectivity index (χ2n) is 5.01. The quantitative estimate of drug-likeness (QED) is 0.782. The van der Waals surface area contributed by atoms with Crippen LogP contribution in [0.5, 0.6) is 0 Å². The number of allylic oxidation sites excluding steroid dienone is 1. The molecular formula is C16H13F2N3O. The minimum atomic E-state index is -0.754. The number of amides is 2. The topological polar surface area (TPSA) is 53.2 Å². The number of nitrogens with one attached hydrogen (secondary N) is 3. The van der Waals surface area contributed by atoms with E-state index in [1.165, 1.54) is 0 Å². The van der Waals surface area contributed by atoms with Crippen LogP contribution in [0.2, 0.25) is 0 Å². The number of anilines is 3. The zero-order valence-electron chi connectivity index (χ0n) is 11.5. The average molecular weight is 301 g/mol. The van der Waals surface area contributed by atoms with Crippen molar-refractivity contribution in [1.29, 1.82) is 0 Å². The molecule has 0 spiro atoms. The van der Waals surface area contributed by atoms with Gasteiger partial charge in [-0.25, -0.2) is 13.6 Å². The van der Waals surface area contributed by atoms with Crippen LogP contribution in [-0.4, -0.2) is 6.03 Å². The zero-order valence-corrected chi connectivity index (χ0v) is 11.5. The highest BCUT2D eigenvalue weighted by Crippen LogP contribution is 2.29. The van der Waals surface area contributed by atoms with Gasteiger partial charge in [-0.15, -0.1) is 0 Å². The van der Waals surface area contributed by atoms with Crippen LogP contribution in [0.15, 0.2) is 48.7 Å². The van der Waals surface area contributed by atoms with Crippen molar-refractivity contribution in [3.8, 4) is 0 Å². The van der Waals surface area contributed by atoms with E-state index < -0.39 is 17.7 Å². The van der Waals surface area contributed by atoms with E-state index in [0.29, 0.717) is 5.69 Å². The number of hydrogen-bond acceptors (Lipinski definition) is 2. The third-order valence-electron chi connectivity index (χ3n) is 3.20. The Morgan fingerprint density at radius 2 is 1.73 bits per heavy atom. The van der Waals surface area contributed by atoms with E-state index in [1.807, 2.05) is 6.07 Å². The van der Waals surface area contributed by atoms with Crippen molar-refractivity contribution in [2.45, 2.75) is 6.42 Å². The largest absolute Gasteiger partial charge is 0.359 e. The molecule has 1 heterocycles. The van der Waals surface area contributed by atoms with Crippen LogP contribution < -0.4 is 16.0 Å². The Morgan fingerprint density at radius 3 is 2.45 bits per heavy atom. The summed E-state index contributed by atoms with van der Waals surface area (Å²) in [4.78, 5) is 11.9. The van der Waals surface area contributed by atoms with Gasteiger partial charge in [0.15, 0.2) is 0 Å². The molecule has 3 N–H and O–H groups in total. The van der Waals surface area contributed by atoms with Gasteiger partial charge >= 0.3 is 6.03 Å². The summed E-state index contributed by atoms with van der Waals surface area (Å²) < 4.78 is 26.1. The van der Waals surface area contributed by atoms with Crippen molar-refractivity contribution in [2.75, 3.05) is 16.0 Å². The molecule has 6 heteroatoms. The van der Waals surface area contributed by atoms with E-state index in [0.717, 1.165) is 41.6 Å². The Bertz CT molecular complexity index is 754. The van der Waals surface area contributed by atoms with Crippen molar-refractivity contribution in [3.63, 3.8) is 0 Å². The number of halogens is 2. The fourth-order valence-electron chi connectivity index (χ4n) is 2.31. The van der Waals surface area contributed by atoms with E-state index >= 15 is 0 Å². The van der Waals surface area contributed by atoms with E-state index in [1.54, 1.807) is 12.1 Å². The minimum absolute atomic E-state index is 0.0441. The number of fused-ring (bicyclic) bond motifs is 1. The Morgan fingerprint density at radius 1 is 1.05 bits per heavy atom. The molecular weight excluding hydrogens is 288 g/mol. The van der Waals surface area contributed by atoms with Crippen LogP contribution in [0.3, 0.4) is 0 Å². The Labute approximate surface area is 125 Å². The highest BCUT2D eigenvalue weighted by molar-refractivity contribution is 6.00. The Hall–Kier alpha value is -2.89. The maximum atomic E-state index is 13.1. The van der Waals surface area contributed by atoms with Crippen LogP contribution >= 0.6 is 0 Å². The number of urea groups is 1. The fraction of sp³-hybridized carbons (Fsp3) is 0.0625. The summed E-state index contributed by atoms with van der Waals surface area (Å²) in [6, 6.07) is 7.65. The van der Waals surface area contributed by atoms with Gasteiger partial charge < -0.3 is 16.0 Å². The van der Waals surface area contributed by atoms with Gasteiger partial charge in [0.25, 0.3) is 0 Å². The van der Waals surface area contributed by atoms with Crippen LogP contribution in [0.25, 0.3) is 0 Å². The first kappa shape index (κ1) is 14.1. The van der Waals surface area contributed by atoms with E-state index in [9.17, 15) is 13.6 Å². The lowest BCUT2D eigenvalue weighted by Gasteiger charge is -2.09. The second kappa shape index (κ2) is 5.48. The highest BCUT2D eigenvalue weighted by Gasteiger charge is 2.14. The number of benzene rings is 2. The summed E-state index contributed by atoms with van der Waals surface area (Å²) >= 11 is 0. The molecule has 2 aromatic rings. The summed E-state index contributed by atoms with van der Waals surface area (Å²) in [5.41, 5.74) is 3.49. The van der Waals surface area contributed by atoms with Crippen molar-refractivity contribution in [1.82, 2.24) is 0 Å². The van der Waals surface area contributed by atoms with Crippen LogP contribution in [0, 0.1) is 11.6 Å². The molecule has 0 saturated carbocycles. The minimum Gasteiger partial charge on any atom is -0.359 e. The lowest BCUT2D eigenvalue weighted by atomic mass is 10.1. The molecule has 0 radical (unpaired) electrons. The number of carbonyl (C=O) groups excluding carboxylic acids is 1. The molecule has 112 valence electrons. The van der Waals surface area contributed by atoms with Crippen molar-refractivity contribution < 1.29 is 13.6 Å². The van der Waals surface area contributed by atoms with Crippen molar-refractivity contribution >= 4 is 23.1 Å². The van der Waals surface area contributed by atoms with E-state index in [2.05, 4.69) is 22.5 Å². The lowest BCUT2D eigenvalue weighted by Crippen LogP contribution is -2.19. The summed E-state index contributed by atoms with van der Waals surface area (Å²) in [7, 11) is 0. The number of rotatable bonds is 2. The molecule has 2 aromatic carbocycles. The summed E-state index contributed by atoms with van der Waals surface area (Å²) in [6.07, 6.45) is 0.754. The van der Waals surface area contributed by atoms with Crippen LogP contribution in [0.4, 0.5) is 30.6 Å². The van der Waals surface area contributed by atoms with Gasteiger partial charge in [-0.3, -0.25) is 0 Å². The molecule has 0 fully saturated rings. The first-order valence-electron chi connectivity index (χ1n) is 6.61. The predicted molar refractivity (Wildman–Crippen MR) is 81.9 cm³/mol. The van der Waals surface area contributed by atoms with Crippen molar-refractivity contribution in [2.24, 2.45) is 0 Å². The highest BCUT2D eigenvalue weighted by atomic mass is 19.1. The third kappa shape index (κ3) is 3.06. The summed E-state index contributed by atoms with van der Waals surface area (Å²) in [6.45, 7) is 3.85. The summed E-state index contributed by atoms with van der Waals surface area (Å²) in [5, 5.41) is 8.10. The molecule has 2 amide bonds. The van der Waals surface area contributed by atoms with Crippen LogP contribution in [-0.2, 0) is 6.42 Å². The zero-order chi connectivity index (χ0) is 15.7. The van der Waals surface area contributed by atoms with Gasteiger partial charge in [-0.1, -0.05) is 12.6 Å². The molecule has 3 rings (SSSR count). The monoisotopic (exact) mass is 301 g/mol.